The lowest BCUT2D eigenvalue weighted by molar-refractivity contribution is -0.384. The molecule has 6 heteroatoms. The number of hydrazine groups is 1. The molecule has 0 amide bonds. The van der Waals surface area contributed by atoms with Crippen molar-refractivity contribution in [2.45, 2.75) is 51.7 Å². The molecule has 1 fully saturated rings. The van der Waals surface area contributed by atoms with Crippen molar-refractivity contribution in [3.8, 4) is 0 Å². The zero-order chi connectivity index (χ0) is 14.7. The lowest BCUT2D eigenvalue weighted by atomic mass is 10.00. The molecule has 20 heavy (non-hydrogen) atoms. The van der Waals surface area contributed by atoms with Crippen molar-refractivity contribution in [3.05, 3.63) is 38.9 Å². The van der Waals surface area contributed by atoms with Crippen molar-refractivity contribution in [2.24, 2.45) is 0 Å². The van der Waals surface area contributed by atoms with E-state index in [0.29, 0.717) is 23.7 Å². The number of halogens is 1. The molecule has 1 N–H and O–H groups in total. The van der Waals surface area contributed by atoms with Gasteiger partial charge in [0.05, 0.1) is 9.95 Å². The number of piperidine rings is 1. The summed E-state index contributed by atoms with van der Waals surface area (Å²) in [5.74, 6) is 0. The molecule has 0 radical (unpaired) electrons. The minimum atomic E-state index is -0.433. The van der Waals surface area contributed by atoms with E-state index in [-0.39, 0.29) is 5.69 Å². The number of hydrogen-bond acceptors (Lipinski definition) is 4. The quantitative estimate of drug-likeness (QED) is 0.682. The van der Waals surface area contributed by atoms with Gasteiger partial charge in [0.25, 0.3) is 5.69 Å². The minimum absolute atomic E-state index is 0.0264. The van der Waals surface area contributed by atoms with Crippen LogP contribution in [0.3, 0.4) is 0 Å². The number of non-ortho nitro benzene ring substituents is 1. The van der Waals surface area contributed by atoms with E-state index in [2.05, 4.69) is 24.3 Å². The maximum absolute atomic E-state index is 10.7. The van der Waals surface area contributed by atoms with Crippen molar-refractivity contribution in [2.75, 3.05) is 0 Å². The normalized spacial score (nSPS) is 23.8. The Morgan fingerprint density at radius 1 is 1.40 bits per heavy atom. The highest BCUT2D eigenvalue weighted by atomic mass is 35.5. The zero-order valence-electron chi connectivity index (χ0n) is 11.8. The first-order valence-electron chi connectivity index (χ1n) is 6.93. The van der Waals surface area contributed by atoms with Gasteiger partial charge >= 0.3 is 0 Å². The van der Waals surface area contributed by atoms with Crippen molar-refractivity contribution < 1.29 is 4.92 Å². The van der Waals surface area contributed by atoms with Crippen molar-refractivity contribution in [1.29, 1.82) is 0 Å². The summed E-state index contributed by atoms with van der Waals surface area (Å²) in [6, 6.07) is 5.60. The van der Waals surface area contributed by atoms with E-state index in [1.807, 2.05) is 0 Å². The summed E-state index contributed by atoms with van der Waals surface area (Å²) in [6.07, 6.45) is 3.63. The van der Waals surface area contributed by atoms with Gasteiger partial charge in [-0.05, 0) is 38.3 Å². The van der Waals surface area contributed by atoms with Crippen LogP contribution < -0.4 is 5.43 Å². The van der Waals surface area contributed by atoms with Crippen LogP contribution in [0.25, 0.3) is 0 Å². The van der Waals surface area contributed by atoms with Gasteiger partial charge in [0.15, 0.2) is 0 Å². The Morgan fingerprint density at radius 2 is 2.05 bits per heavy atom. The molecule has 2 rings (SSSR count). The molecule has 0 aromatic heterocycles. The first-order valence-corrected chi connectivity index (χ1v) is 7.31. The van der Waals surface area contributed by atoms with Crippen molar-refractivity contribution in [1.82, 2.24) is 10.4 Å². The smallest absolute Gasteiger partial charge is 0.258 e. The molecule has 1 aliphatic rings. The molecule has 0 saturated carbocycles. The Hall–Kier alpha value is -1.17. The number of nitro benzene ring substituents is 1. The highest BCUT2D eigenvalue weighted by Gasteiger charge is 2.24. The van der Waals surface area contributed by atoms with E-state index < -0.39 is 4.92 Å². The predicted molar refractivity (Wildman–Crippen MR) is 79.6 cm³/mol. The summed E-state index contributed by atoms with van der Waals surface area (Å²) in [7, 11) is 0. The second kappa shape index (κ2) is 6.52. The molecule has 0 bridgehead atoms. The zero-order valence-corrected chi connectivity index (χ0v) is 12.6. The number of nitrogens with zero attached hydrogens (tertiary/aromatic N) is 2. The van der Waals surface area contributed by atoms with Gasteiger partial charge in [-0.2, -0.15) is 0 Å². The lowest BCUT2D eigenvalue weighted by Crippen LogP contribution is -2.51. The van der Waals surface area contributed by atoms with E-state index in [1.54, 1.807) is 6.07 Å². The summed E-state index contributed by atoms with van der Waals surface area (Å²) < 4.78 is 0. The topological polar surface area (TPSA) is 58.4 Å². The third kappa shape index (κ3) is 3.48. The van der Waals surface area contributed by atoms with Crippen LogP contribution in [0.5, 0.6) is 0 Å². The molecule has 1 aliphatic heterocycles. The average Bonchev–Trinajstić information content (AvgIpc) is 2.39. The maximum atomic E-state index is 10.7. The molecule has 1 heterocycles. The van der Waals surface area contributed by atoms with Gasteiger partial charge in [0.1, 0.15) is 0 Å². The van der Waals surface area contributed by atoms with Gasteiger partial charge in [-0.25, -0.2) is 5.01 Å². The van der Waals surface area contributed by atoms with Gasteiger partial charge in [0, 0.05) is 30.8 Å². The molecule has 0 spiro atoms. The van der Waals surface area contributed by atoms with Crippen LogP contribution in [-0.2, 0) is 6.54 Å². The summed E-state index contributed by atoms with van der Waals surface area (Å²) in [4.78, 5) is 10.2. The van der Waals surface area contributed by atoms with E-state index >= 15 is 0 Å². The van der Waals surface area contributed by atoms with Crippen LogP contribution in [0.15, 0.2) is 18.2 Å². The van der Waals surface area contributed by atoms with Gasteiger partial charge in [0.2, 0.25) is 0 Å². The number of benzene rings is 1. The molecule has 2 atom stereocenters. The number of nitro groups is 1. The van der Waals surface area contributed by atoms with Crippen LogP contribution in [0, 0.1) is 10.1 Å². The molecular weight excluding hydrogens is 278 g/mol. The van der Waals surface area contributed by atoms with Crippen LogP contribution >= 0.6 is 11.6 Å². The third-order valence-corrected chi connectivity index (χ3v) is 4.24. The number of rotatable bonds is 4. The standard InChI is InChI=1S/C14H20ClN3O2/c1-10-4-3-5-11(2)17(10)16-9-12-6-7-13(18(19)20)8-14(12)15/h6-8,10-11,16H,3-5,9H2,1-2H3. The highest BCUT2D eigenvalue weighted by Crippen LogP contribution is 2.24. The molecule has 5 nitrogen and oxygen atoms in total. The summed E-state index contributed by atoms with van der Waals surface area (Å²) >= 11 is 6.10. The number of nitrogens with one attached hydrogen (secondary N) is 1. The first-order chi connectivity index (χ1) is 9.49. The van der Waals surface area contributed by atoms with E-state index in [1.165, 1.54) is 31.4 Å². The van der Waals surface area contributed by atoms with E-state index in [9.17, 15) is 10.1 Å². The van der Waals surface area contributed by atoms with Gasteiger partial charge in [-0.1, -0.05) is 18.0 Å². The number of hydrogen-bond donors (Lipinski definition) is 1. The SMILES string of the molecule is CC1CCCC(C)N1NCc1ccc([N+](=O)[O-])cc1Cl. The Labute approximate surface area is 124 Å². The molecule has 0 aliphatic carbocycles. The Balaban J connectivity index is 2.01. The van der Waals surface area contributed by atoms with Crippen LogP contribution in [0.1, 0.15) is 38.7 Å². The van der Waals surface area contributed by atoms with Gasteiger partial charge in [-0.15, -0.1) is 0 Å². The molecular formula is C14H20ClN3O2. The van der Waals surface area contributed by atoms with E-state index in [4.69, 9.17) is 11.6 Å². The largest absolute Gasteiger partial charge is 0.270 e. The fourth-order valence-electron chi connectivity index (χ4n) is 2.70. The highest BCUT2D eigenvalue weighted by molar-refractivity contribution is 6.31. The lowest BCUT2D eigenvalue weighted by Gasteiger charge is -2.39. The molecule has 1 saturated heterocycles. The third-order valence-electron chi connectivity index (χ3n) is 3.89. The van der Waals surface area contributed by atoms with Crippen LogP contribution in [0.2, 0.25) is 5.02 Å². The van der Waals surface area contributed by atoms with E-state index in [0.717, 1.165) is 5.56 Å². The Morgan fingerprint density at radius 3 is 2.60 bits per heavy atom. The van der Waals surface area contributed by atoms with Gasteiger partial charge < -0.3 is 0 Å². The van der Waals surface area contributed by atoms with Crippen molar-refractivity contribution >= 4 is 17.3 Å². The predicted octanol–water partition coefficient (Wildman–Crippen LogP) is 3.52. The summed E-state index contributed by atoms with van der Waals surface area (Å²) in [5.41, 5.74) is 4.31. The summed E-state index contributed by atoms with van der Waals surface area (Å²) in [6.45, 7) is 5.01. The summed E-state index contributed by atoms with van der Waals surface area (Å²) in [5, 5.41) is 13.4. The monoisotopic (exact) mass is 297 g/mol. The van der Waals surface area contributed by atoms with Crippen LogP contribution in [0.4, 0.5) is 5.69 Å². The first kappa shape index (κ1) is 15.2. The second-order valence-corrected chi connectivity index (χ2v) is 5.81. The second-order valence-electron chi connectivity index (χ2n) is 5.40. The fraction of sp³-hybridized carbons (Fsp3) is 0.571. The van der Waals surface area contributed by atoms with Crippen molar-refractivity contribution in [3.63, 3.8) is 0 Å². The fourth-order valence-corrected chi connectivity index (χ4v) is 2.94. The molecule has 110 valence electrons. The molecule has 1 aromatic rings. The Bertz CT molecular complexity index is 485. The minimum Gasteiger partial charge on any atom is -0.258 e. The van der Waals surface area contributed by atoms with Gasteiger partial charge in [-0.3, -0.25) is 15.5 Å². The van der Waals surface area contributed by atoms with Crippen LogP contribution in [-0.4, -0.2) is 22.0 Å². The molecule has 2 unspecified atom stereocenters. The molecule has 1 aromatic carbocycles. The average molecular weight is 298 g/mol. The Kier molecular flexibility index (Phi) is 4.96. The maximum Gasteiger partial charge on any atom is 0.270 e.